The van der Waals surface area contributed by atoms with E-state index in [2.05, 4.69) is 31.3 Å². The zero-order chi connectivity index (χ0) is 15.7. The summed E-state index contributed by atoms with van der Waals surface area (Å²) >= 11 is 0. The van der Waals surface area contributed by atoms with Gasteiger partial charge in [-0.2, -0.15) is 0 Å². The Balaban J connectivity index is 1.55. The van der Waals surface area contributed by atoms with Crippen molar-refractivity contribution in [3.05, 3.63) is 35.4 Å². The van der Waals surface area contributed by atoms with Gasteiger partial charge in [0, 0.05) is 19.6 Å². The van der Waals surface area contributed by atoms with Crippen molar-refractivity contribution in [2.24, 2.45) is 17.8 Å². The molecule has 1 aliphatic heterocycles. The maximum Gasteiger partial charge on any atom is 0.226 e. The first kappa shape index (κ1) is 15.1. The zero-order valence-corrected chi connectivity index (χ0v) is 13.3. The van der Waals surface area contributed by atoms with Gasteiger partial charge in [0.15, 0.2) is 0 Å². The van der Waals surface area contributed by atoms with Crippen LogP contribution in [0.1, 0.15) is 31.4 Å². The van der Waals surface area contributed by atoms with Gasteiger partial charge in [-0.1, -0.05) is 38.1 Å². The van der Waals surface area contributed by atoms with Crippen molar-refractivity contribution in [3.8, 4) is 0 Å². The zero-order valence-electron chi connectivity index (χ0n) is 13.3. The highest BCUT2D eigenvalue weighted by Crippen LogP contribution is 2.40. The third-order valence-electron chi connectivity index (χ3n) is 4.57. The molecule has 1 aromatic carbocycles. The van der Waals surface area contributed by atoms with Gasteiger partial charge in [0.05, 0.1) is 11.8 Å². The van der Waals surface area contributed by atoms with Crippen molar-refractivity contribution in [3.63, 3.8) is 0 Å². The molecule has 0 saturated heterocycles. The number of rotatable bonds is 4. The number of carbonyl (C=O) groups excluding carboxylic acids is 2. The average Bonchev–Trinajstić information content (AvgIpc) is 3.32. The Labute approximate surface area is 131 Å². The van der Waals surface area contributed by atoms with Crippen LogP contribution in [0.25, 0.3) is 0 Å². The molecule has 2 atom stereocenters. The molecule has 1 heterocycles. The van der Waals surface area contributed by atoms with Gasteiger partial charge in [0.2, 0.25) is 11.8 Å². The summed E-state index contributed by atoms with van der Waals surface area (Å²) in [7, 11) is 0. The minimum atomic E-state index is -0.108. The van der Waals surface area contributed by atoms with Crippen LogP contribution < -0.4 is 5.32 Å². The van der Waals surface area contributed by atoms with Gasteiger partial charge in [0.1, 0.15) is 0 Å². The minimum Gasteiger partial charge on any atom is -0.356 e. The molecule has 1 N–H and O–H groups in total. The van der Waals surface area contributed by atoms with Crippen molar-refractivity contribution in [1.82, 2.24) is 10.2 Å². The SMILES string of the molecule is CC(C)CNC(=O)C1CC1C(=O)N1CCc2ccccc2C1. The van der Waals surface area contributed by atoms with E-state index in [-0.39, 0.29) is 23.7 Å². The highest BCUT2D eigenvalue weighted by molar-refractivity contribution is 5.92. The Bertz CT molecular complexity index is 582. The molecule has 2 unspecified atom stereocenters. The molecule has 0 spiro atoms. The molecule has 0 bridgehead atoms. The van der Waals surface area contributed by atoms with Crippen LogP contribution in [-0.4, -0.2) is 29.8 Å². The van der Waals surface area contributed by atoms with Crippen molar-refractivity contribution >= 4 is 11.8 Å². The summed E-state index contributed by atoms with van der Waals surface area (Å²) in [6.45, 7) is 6.29. The Morgan fingerprint density at radius 2 is 1.95 bits per heavy atom. The smallest absolute Gasteiger partial charge is 0.226 e. The lowest BCUT2D eigenvalue weighted by atomic mass is 9.99. The highest BCUT2D eigenvalue weighted by Gasteiger charge is 2.49. The van der Waals surface area contributed by atoms with Crippen molar-refractivity contribution < 1.29 is 9.59 Å². The van der Waals surface area contributed by atoms with Gasteiger partial charge in [-0.3, -0.25) is 9.59 Å². The summed E-state index contributed by atoms with van der Waals surface area (Å²) in [6, 6.07) is 8.29. The second-order valence-corrected chi connectivity index (χ2v) is 6.87. The van der Waals surface area contributed by atoms with Crippen molar-refractivity contribution in [2.45, 2.75) is 33.2 Å². The molecule has 22 heavy (non-hydrogen) atoms. The molecule has 3 rings (SSSR count). The molecule has 4 heteroatoms. The predicted octanol–water partition coefficient (Wildman–Crippen LogP) is 1.98. The lowest BCUT2D eigenvalue weighted by molar-refractivity contribution is -0.135. The van der Waals surface area contributed by atoms with Crippen molar-refractivity contribution in [2.75, 3.05) is 13.1 Å². The summed E-state index contributed by atoms with van der Waals surface area (Å²) in [4.78, 5) is 26.5. The van der Waals surface area contributed by atoms with Crippen LogP contribution in [-0.2, 0) is 22.6 Å². The molecule has 1 aromatic rings. The Morgan fingerprint density at radius 1 is 1.23 bits per heavy atom. The quantitative estimate of drug-likeness (QED) is 0.924. The molecular weight excluding hydrogens is 276 g/mol. The molecule has 1 saturated carbocycles. The minimum absolute atomic E-state index is 0.0458. The number of fused-ring (bicyclic) bond motifs is 1. The standard InChI is InChI=1S/C18H24N2O2/c1-12(2)10-19-17(21)15-9-16(15)18(22)20-8-7-13-5-3-4-6-14(13)11-20/h3-6,12,15-16H,7-11H2,1-2H3,(H,19,21). The number of benzene rings is 1. The molecule has 118 valence electrons. The van der Waals surface area contributed by atoms with E-state index in [1.807, 2.05) is 17.0 Å². The van der Waals surface area contributed by atoms with Crippen LogP contribution in [0.2, 0.25) is 0 Å². The van der Waals surface area contributed by atoms with Gasteiger partial charge in [-0.25, -0.2) is 0 Å². The normalized spacial score (nSPS) is 23.1. The van der Waals surface area contributed by atoms with E-state index in [4.69, 9.17) is 0 Å². The van der Waals surface area contributed by atoms with E-state index in [9.17, 15) is 9.59 Å². The first-order chi connectivity index (χ1) is 10.6. The molecule has 2 aliphatic rings. The maximum atomic E-state index is 12.6. The average molecular weight is 300 g/mol. The summed E-state index contributed by atoms with van der Waals surface area (Å²) in [5.41, 5.74) is 2.58. The van der Waals surface area contributed by atoms with Crippen LogP contribution in [0, 0.1) is 17.8 Å². The third-order valence-corrected chi connectivity index (χ3v) is 4.57. The van der Waals surface area contributed by atoms with Crippen LogP contribution in [0.5, 0.6) is 0 Å². The number of hydrogen-bond donors (Lipinski definition) is 1. The molecule has 1 fully saturated rings. The first-order valence-electron chi connectivity index (χ1n) is 8.19. The lowest BCUT2D eigenvalue weighted by Crippen LogP contribution is -2.38. The van der Waals surface area contributed by atoms with Gasteiger partial charge in [-0.05, 0) is 29.9 Å². The lowest BCUT2D eigenvalue weighted by Gasteiger charge is -2.29. The largest absolute Gasteiger partial charge is 0.356 e. The van der Waals surface area contributed by atoms with Crippen LogP contribution in [0.3, 0.4) is 0 Å². The summed E-state index contributed by atoms with van der Waals surface area (Å²) < 4.78 is 0. The number of carbonyl (C=O) groups is 2. The van der Waals surface area contributed by atoms with E-state index >= 15 is 0 Å². The van der Waals surface area contributed by atoms with Crippen molar-refractivity contribution in [1.29, 1.82) is 0 Å². The summed E-state index contributed by atoms with van der Waals surface area (Å²) in [6.07, 6.45) is 1.62. The molecule has 4 nitrogen and oxygen atoms in total. The monoisotopic (exact) mass is 300 g/mol. The Hall–Kier alpha value is -1.84. The fourth-order valence-electron chi connectivity index (χ4n) is 3.11. The molecular formula is C18H24N2O2. The summed E-state index contributed by atoms with van der Waals surface area (Å²) in [5.74, 6) is 0.431. The first-order valence-corrected chi connectivity index (χ1v) is 8.19. The maximum absolute atomic E-state index is 12.6. The Kier molecular flexibility index (Phi) is 4.19. The fraction of sp³-hybridized carbons (Fsp3) is 0.556. The number of hydrogen-bond acceptors (Lipinski definition) is 2. The molecule has 2 amide bonds. The number of amides is 2. The van der Waals surface area contributed by atoms with E-state index in [1.54, 1.807) is 0 Å². The topological polar surface area (TPSA) is 49.4 Å². The molecule has 0 aromatic heterocycles. The van der Waals surface area contributed by atoms with Gasteiger partial charge < -0.3 is 10.2 Å². The van der Waals surface area contributed by atoms with Crippen LogP contribution >= 0.6 is 0 Å². The third kappa shape index (κ3) is 3.16. The van der Waals surface area contributed by atoms with Gasteiger partial charge in [0.25, 0.3) is 0 Å². The molecule has 1 aliphatic carbocycles. The fourth-order valence-corrected chi connectivity index (χ4v) is 3.11. The number of nitrogens with one attached hydrogen (secondary N) is 1. The predicted molar refractivity (Wildman–Crippen MR) is 85.0 cm³/mol. The van der Waals surface area contributed by atoms with Crippen LogP contribution in [0.4, 0.5) is 0 Å². The Morgan fingerprint density at radius 3 is 2.68 bits per heavy atom. The highest BCUT2D eigenvalue weighted by atomic mass is 16.2. The second-order valence-electron chi connectivity index (χ2n) is 6.87. The van der Waals surface area contributed by atoms with Gasteiger partial charge >= 0.3 is 0 Å². The number of nitrogens with zero attached hydrogens (tertiary/aromatic N) is 1. The summed E-state index contributed by atoms with van der Waals surface area (Å²) in [5, 5.41) is 2.94. The van der Waals surface area contributed by atoms with E-state index in [1.165, 1.54) is 11.1 Å². The van der Waals surface area contributed by atoms with Gasteiger partial charge in [-0.15, -0.1) is 0 Å². The molecule has 0 radical (unpaired) electrons. The van der Waals surface area contributed by atoms with Crippen LogP contribution in [0.15, 0.2) is 24.3 Å². The van der Waals surface area contributed by atoms with E-state index in [0.29, 0.717) is 25.4 Å². The second kappa shape index (κ2) is 6.11. The van der Waals surface area contributed by atoms with E-state index < -0.39 is 0 Å². The van der Waals surface area contributed by atoms with E-state index in [0.717, 1.165) is 13.0 Å².